The summed E-state index contributed by atoms with van der Waals surface area (Å²) in [5.41, 5.74) is 4.44. The molecule has 0 radical (unpaired) electrons. The predicted octanol–water partition coefficient (Wildman–Crippen LogP) is 3.45. The first kappa shape index (κ1) is 22.8. The van der Waals surface area contributed by atoms with E-state index in [1.807, 2.05) is 0 Å². The molecular weight excluding hydrogens is 488 g/mol. The van der Waals surface area contributed by atoms with E-state index in [4.69, 9.17) is 16.3 Å². The van der Waals surface area contributed by atoms with Gasteiger partial charge in [-0.25, -0.2) is 4.68 Å². The number of methoxy groups -OCH3 is 1. The molecule has 2 aromatic carbocycles. The fourth-order valence-corrected chi connectivity index (χ4v) is 3.46. The highest BCUT2D eigenvalue weighted by molar-refractivity contribution is 9.10. The van der Waals surface area contributed by atoms with Crippen LogP contribution in [0.3, 0.4) is 0 Å². The molecule has 0 bridgehead atoms. The first-order chi connectivity index (χ1) is 14.8. The van der Waals surface area contributed by atoms with Crippen LogP contribution in [0.1, 0.15) is 16.1 Å². The minimum Gasteiger partial charge on any atom is -0.383 e. The van der Waals surface area contributed by atoms with Crippen LogP contribution >= 0.6 is 27.5 Å². The lowest BCUT2D eigenvalue weighted by molar-refractivity contribution is -0.136. The Morgan fingerprint density at radius 1 is 1.13 bits per heavy atom. The molecule has 0 atom stereocenters. The summed E-state index contributed by atoms with van der Waals surface area (Å²) in [4.78, 5) is 37.5. The largest absolute Gasteiger partial charge is 0.383 e. The molecule has 3 rings (SSSR count). The number of anilines is 1. The van der Waals surface area contributed by atoms with Crippen molar-refractivity contribution in [1.29, 1.82) is 0 Å². The van der Waals surface area contributed by atoms with Crippen molar-refractivity contribution in [2.75, 3.05) is 31.0 Å². The second kappa shape index (κ2) is 9.95. The van der Waals surface area contributed by atoms with E-state index in [-0.39, 0.29) is 18.8 Å². The molecular formula is C21H20BrClN4O4. The number of nitrogens with zero attached hydrogens (tertiary/aromatic N) is 1. The number of amides is 3. The van der Waals surface area contributed by atoms with E-state index >= 15 is 0 Å². The first-order valence-electron chi connectivity index (χ1n) is 9.27. The van der Waals surface area contributed by atoms with E-state index in [9.17, 15) is 14.4 Å². The van der Waals surface area contributed by atoms with Gasteiger partial charge in [-0.3, -0.25) is 19.8 Å². The molecule has 0 aliphatic carbocycles. The Hall–Kier alpha value is -2.88. The van der Waals surface area contributed by atoms with Crippen molar-refractivity contribution in [3.05, 3.63) is 63.2 Å². The molecule has 1 aromatic heterocycles. The van der Waals surface area contributed by atoms with Crippen LogP contribution in [0.5, 0.6) is 0 Å². The van der Waals surface area contributed by atoms with E-state index in [0.29, 0.717) is 27.2 Å². The minimum atomic E-state index is -0.912. The smallest absolute Gasteiger partial charge is 0.328 e. The van der Waals surface area contributed by atoms with Crippen molar-refractivity contribution in [3.63, 3.8) is 0 Å². The highest BCUT2D eigenvalue weighted by atomic mass is 79.9. The third kappa shape index (κ3) is 5.25. The zero-order valence-corrected chi connectivity index (χ0v) is 19.1. The van der Waals surface area contributed by atoms with Gasteiger partial charge in [-0.1, -0.05) is 33.6 Å². The summed E-state index contributed by atoms with van der Waals surface area (Å²) in [7, 11) is 1.49. The van der Waals surface area contributed by atoms with Crippen molar-refractivity contribution in [3.8, 4) is 0 Å². The summed E-state index contributed by atoms with van der Waals surface area (Å²) >= 11 is 9.54. The molecule has 0 unspecified atom stereocenters. The number of fused-ring (bicyclic) bond motifs is 1. The molecule has 8 nitrogen and oxygen atoms in total. The molecule has 1 heterocycles. The lowest BCUT2D eigenvalue weighted by Crippen LogP contribution is -2.40. The Bertz CT molecular complexity index is 1160. The second-order valence-electron chi connectivity index (χ2n) is 6.62. The van der Waals surface area contributed by atoms with Gasteiger partial charge in [-0.05, 0) is 48.9 Å². The maximum atomic E-state index is 13.1. The van der Waals surface area contributed by atoms with Crippen molar-refractivity contribution in [1.82, 2.24) is 9.99 Å². The number of ether oxygens (including phenoxy) is 1. The van der Waals surface area contributed by atoms with Gasteiger partial charge in [0.05, 0.1) is 12.1 Å². The molecule has 31 heavy (non-hydrogen) atoms. The highest BCUT2D eigenvalue weighted by Gasteiger charge is 2.21. The average Bonchev–Trinajstić information content (AvgIpc) is 3.08. The summed E-state index contributed by atoms with van der Waals surface area (Å²) in [6.07, 6.45) is 0. The van der Waals surface area contributed by atoms with Gasteiger partial charge in [0.25, 0.3) is 5.91 Å². The Morgan fingerprint density at radius 3 is 2.65 bits per heavy atom. The van der Waals surface area contributed by atoms with Gasteiger partial charge in [-0.2, -0.15) is 0 Å². The SMILES string of the molecule is COCCNC(=O)C(=O)Nn1c(C(=O)Nc2cccc(Cl)c2C)cc2cc(Br)ccc21. The van der Waals surface area contributed by atoms with Gasteiger partial charge in [0, 0.05) is 34.2 Å². The number of aromatic nitrogens is 1. The van der Waals surface area contributed by atoms with Gasteiger partial charge < -0.3 is 15.4 Å². The molecule has 0 saturated heterocycles. The zero-order chi connectivity index (χ0) is 22.5. The summed E-state index contributed by atoms with van der Waals surface area (Å²) < 4.78 is 6.94. The maximum absolute atomic E-state index is 13.1. The van der Waals surface area contributed by atoms with E-state index < -0.39 is 17.7 Å². The van der Waals surface area contributed by atoms with E-state index in [1.165, 1.54) is 11.8 Å². The molecule has 0 aliphatic heterocycles. The van der Waals surface area contributed by atoms with Crippen LogP contribution in [0.2, 0.25) is 5.02 Å². The number of halogens is 2. The number of rotatable bonds is 6. The molecule has 0 spiro atoms. The summed E-state index contributed by atoms with van der Waals surface area (Å²) in [6.45, 7) is 2.24. The zero-order valence-electron chi connectivity index (χ0n) is 16.8. The Balaban J connectivity index is 1.93. The normalized spacial score (nSPS) is 10.7. The van der Waals surface area contributed by atoms with Gasteiger partial charge >= 0.3 is 11.8 Å². The standard InChI is InChI=1S/C21H20BrClN4O4/c1-12-15(23)4-3-5-16(12)25-19(28)18-11-13-10-14(22)6-7-17(13)27(18)26-21(30)20(29)24-8-9-31-2/h3-7,10-11H,8-9H2,1-2H3,(H,24,29)(H,25,28)(H,26,30). The number of nitrogens with one attached hydrogen (secondary N) is 3. The fourth-order valence-electron chi connectivity index (χ4n) is 2.90. The predicted molar refractivity (Wildman–Crippen MR) is 123 cm³/mol. The lowest BCUT2D eigenvalue weighted by Gasteiger charge is -2.14. The van der Waals surface area contributed by atoms with Crippen LogP contribution in [-0.4, -0.2) is 42.7 Å². The van der Waals surface area contributed by atoms with E-state index in [2.05, 4.69) is 32.0 Å². The van der Waals surface area contributed by atoms with Crippen LogP contribution in [0.4, 0.5) is 5.69 Å². The molecule has 3 amide bonds. The van der Waals surface area contributed by atoms with Gasteiger partial charge in [0.2, 0.25) is 0 Å². The Morgan fingerprint density at radius 2 is 1.90 bits per heavy atom. The number of hydrogen-bond acceptors (Lipinski definition) is 4. The van der Waals surface area contributed by atoms with Crippen LogP contribution in [0, 0.1) is 6.92 Å². The molecule has 0 fully saturated rings. The molecule has 3 aromatic rings. The lowest BCUT2D eigenvalue weighted by atomic mass is 10.2. The molecule has 10 heteroatoms. The van der Waals surface area contributed by atoms with Crippen LogP contribution in [0.15, 0.2) is 46.9 Å². The quantitative estimate of drug-likeness (QED) is 0.351. The first-order valence-corrected chi connectivity index (χ1v) is 10.4. The number of benzene rings is 2. The number of carbonyl (C=O) groups excluding carboxylic acids is 3. The van der Waals surface area contributed by atoms with Crippen LogP contribution < -0.4 is 16.1 Å². The second-order valence-corrected chi connectivity index (χ2v) is 7.95. The van der Waals surface area contributed by atoms with Crippen molar-refractivity contribution in [2.45, 2.75) is 6.92 Å². The van der Waals surface area contributed by atoms with Gasteiger partial charge in [0.1, 0.15) is 5.69 Å². The van der Waals surface area contributed by atoms with Crippen LogP contribution in [0.25, 0.3) is 10.9 Å². The molecule has 0 aliphatic rings. The number of hydrogen-bond donors (Lipinski definition) is 3. The Kier molecular flexibility index (Phi) is 7.32. The van der Waals surface area contributed by atoms with Crippen molar-refractivity contribution in [2.24, 2.45) is 0 Å². The van der Waals surface area contributed by atoms with Crippen molar-refractivity contribution >= 4 is 61.8 Å². The van der Waals surface area contributed by atoms with E-state index in [0.717, 1.165) is 4.47 Å². The van der Waals surface area contributed by atoms with E-state index in [1.54, 1.807) is 49.4 Å². The van der Waals surface area contributed by atoms with Crippen molar-refractivity contribution < 1.29 is 19.1 Å². The topological polar surface area (TPSA) is 101 Å². The minimum absolute atomic E-state index is 0.144. The van der Waals surface area contributed by atoms with Gasteiger partial charge in [-0.15, -0.1) is 0 Å². The third-order valence-corrected chi connectivity index (χ3v) is 5.43. The number of carbonyl (C=O) groups is 3. The monoisotopic (exact) mass is 506 g/mol. The van der Waals surface area contributed by atoms with Crippen LogP contribution in [-0.2, 0) is 14.3 Å². The molecule has 0 saturated carbocycles. The highest BCUT2D eigenvalue weighted by Crippen LogP contribution is 2.26. The Labute approximate surface area is 192 Å². The summed E-state index contributed by atoms with van der Waals surface area (Å²) in [5.74, 6) is -2.23. The molecule has 162 valence electrons. The molecule has 3 N–H and O–H groups in total. The maximum Gasteiger partial charge on any atom is 0.328 e. The average molecular weight is 508 g/mol. The third-order valence-electron chi connectivity index (χ3n) is 4.52. The summed E-state index contributed by atoms with van der Waals surface area (Å²) in [6, 6.07) is 12.1. The van der Waals surface area contributed by atoms with Gasteiger partial charge in [0.15, 0.2) is 0 Å². The fraction of sp³-hybridized carbons (Fsp3) is 0.190. The summed E-state index contributed by atoms with van der Waals surface area (Å²) in [5, 5.41) is 6.46.